The van der Waals surface area contributed by atoms with Crippen molar-refractivity contribution in [3.8, 4) is 0 Å². The minimum Gasteiger partial charge on any atom is -0.453 e. The molecule has 1 N–H and O–H groups in total. The van der Waals surface area contributed by atoms with Crippen LogP contribution in [-0.2, 0) is 4.74 Å². The van der Waals surface area contributed by atoms with Crippen molar-refractivity contribution in [3.05, 3.63) is 0 Å². The molecule has 1 amide bonds. The van der Waals surface area contributed by atoms with Crippen molar-refractivity contribution in [1.29, 1.82) is 0 Å². The number of carbonyl (C=O) groups is 1. The van der Waals surface area contributed by atoms with Crippen LogP contribution < -0.4 is 5.32 Å². The lowest BCUT2D eigenvalue weighted by atomic mass is 10.0. The molecular formula is C9H16N2O2. The first-order valence-corrected chi connectivity index (χ1v) is 4.81. The third kappa shape index (κ3) is 1.29. The van der Waals surface area contributed by atoms with Gasteiger partial charge >= 0.3 is 6.09 Å². The molecule has 74 valence electrons. The van der Waals surface area contributed by atoms with E-state index in [0.29, 0.717) is 18.0 Å². The van der Waals surface area contributed by atoms with Crippen molar-refractivity contribution < 1.29 is 9.53 Å². The highest BCUT2D eigenvalue weighted by atomic mass is 16.5. The highest BCUT2D eigenvalue weighted by molar-refractivity contribution is 5.69. The van der Waals surface area contributed by atoms with Crippen LogP contribution in [0.2, 0.25) is 0 Å². The molecular weight excluding hydrogens is 168 g/mol. The summed E-state index contributed by atoms with van der Waals surface area (Å²) in [5.74, 6) is 0.633. The predicted molar refractivity (Wildman–Crippen MR) is 48.5 cm³/mol. The molecule has 3 atom stereocenters. The van der Waals surface area contributed by atoms with E-state index < -0.39 is 0 Å². The van der Waals surface area contributed by atoms with Crippen molar-refractivity contribution in [1.82, 2.24) is 10.2 Å². The van der Waals surface area contributed by atoms with Crippen LogP contribution in [0.4, 0.5) is 4.79 Å². The maximum absolute atomic E-state index is 11.4. The van der Waals surface area contributed by atoms with Crippen molar-refractivity contribution in [2.24, 2.45) is 5.92 Å². The van der Waals surface area contributed by atoms with Crippen LogP contribution in [0.1, 0.15) is 13.3 Å². The molecule has 2 aliphatic heterocycles. The summed E-state index contributed by atoms with van der Waals surface area (Å²) in [5, 5.41) is 3.30. The molecule has 3 unspecified atom stereocenters. The molecule has 2 fully saturated rings. The third-order valence-electron chi connectivity index (χ3n) is 3.17. The van der Waals surface area contributed by atoms with Gasteiger partial charge in [0, 0.05) is 19.1 Å². The molecule has 2 rings (SSSR count). The molecule has 2 aliphatic rings. The first-order valence-electron chi connectivity index (χ1n) is 4.81. The highest BCUT2D eigenvalue weighted by Crippen LogP contribution is 2.32. The summed E-state index contributed by atoms with van der Waals surface area (Å²) in [4.78, 5) is 13.3. The van der Waals surface area contributed by atoms with Gasteiger partial charge in [-0.1, -0.05) is 0 Å². The topological polar surface area (TPSA) is 41.6 Å². The molecule has 2 heterocycles. The molecule has 4 heteroatoms. The maximum Gasteiger partial charge on any atom is 0.410 e. The number of ether oxygens (including phenoxy) is 1. The van der Waals surface area contributed by atoms with Crippen molar-refractivity contribution >= 4 is 6.09 Å². The van der Waals surface area contributed by atoms with Gasteiger partial charge in [-0.2, -0.15) is 0 Å². The summed E-state index contributed by atoms with van der Waals surface area (Å²) in [6, 6.07) is 0.701. The number of likely N-dealkylation sites (tertiary alicyclic amines) is 1. The molecule has 0 aromatic carbocycles. The van der Waals surface area contributed by atoms with E-state index in [9.17, 15) is 4.79 Å². The largest absolute Gasteiger partial charge is 0.453 e. The van der Waals surface area contributed by atoms with Crippen LogP contribution in [0.5, 0.6) is 0 Å². The first-order chi connectivity index (χ1) is 6.24. The Hall–Kier alpha value is -0.770. The highest BCUT2D eigenvalue weighted by Gasteiger charge is 2.44. The number of amides is 1. The van der Waals surface area contributed by atoms with Gasteiger partial charge in [-0.3, -0.25) is 0 Å². The van der Waals surface area contributed by atoms with E-state index in [2.05, 4.69) is 12.2 Å². The summed E-state index contributed by atoms with van der Waals surface area (Å²) in [6.45, 7) is 4.06. The van der Waals surface area contributed by atoms with E-state index in [1.165, 1.54) is 7.11 Å². The first kappa shape index (κ1) is 8.81. The van der Waals surface area contributed by atoms with Crippen LogP contribution in [0, 0.1) is 5.92 Å². The number of nitrogens with zero attached hydrogens (tertiary/aromatic N) is 1. The Balaban J connectivity index is 2.12. The molecule has 0 bridgehead atoms. The summed E-state index contributed by atoms with van der Waals surface area (Å²) in [6.07, 6.45) is 0.927. The number of hydrogen-bond donors (Lipinski definition) is 1. The summed E-state index contributed by atoms with van der Waals surface area (Å²) < 4.78 is 4.77. The van der Waals surface area contributed by atoms with Crippen molar-refractivity contribution in [2.75, 3.05) is 20.2 Å². The van der Waals surface area contributed by atoms with Gasteiger partial charge in [-0.25, -0.2) is 4.79 Å². The van der Waals surface area contributed by atoms with Gasteiger partial charge in [-0.05, 0) is 19.3 Å². The van der Waals surface area contributed by atoms with Gasteiger partial charge in [0.2, 0.25) is 0 Å². The number of methoxy groups -OCH3 is 1. The molecule has 0 spiro atoms. The second-order valence-electron chi connectivity index (χ2n) is 3.95. The molecule has 0 aromatic heterocycles. The van der Waals surface area contributed by atoms with E-state index in [1.807, 2.05) is 4.90 Å². The number of carbonyl (C=O) groups excluding carboxylic acids is 1. The van der Waals surface area contributed by atoms with Gasteiger partial charge in [0.25, 0.3) is 0 Å². The Kier molecular flexibility index (Phi) is 2.15. The SMILES string of the molecule is COC(=O)N1C(C)CC2CNCC21. The zero-order valence-electron chi connectivity index (χ0n) is 8.12. The summed E-state index contributed by atoms with van der Waals surface area (Å²) in [7, 11) is 1.45. The molecule has 13 heavy (non-hydrogen) atoms. The fourth-order valence-corrected chi connectivity index (χ4v) is 2.58. The minimum atomic E-state index is -0.177. The van der Waals surface area contributed by atoms with Crippen LogP contribution in [0.3, 0.4) is 0 Å². The number of nitrogens with one attached hydrogen (secondary N) is 1. The minimum absolute atomic E-state index is 0.177. The van der Waals surface area contributed by atoms with E-state index >= 15 is 0 Å². The van der Waals surface area contributed by atoms with Crippen molar-refractivity contribution in [2.45, 2.75) is 25.4 Å². The zero-order chi connectivity index (χ0) is 9.42. The van der Waals surface area contributed by atoms with E-state index in [1.54, 1.807) is 0 Å². The van der Waals surface area contributed by atoms with Crippen molar-refractivity contribution in [3.63, 3.8) is 0 Å². The lowest BCUT2D eigenvalue weighted by molar-refractivity contribution is 0.106. The fraction of sp³-hybridized carbons (Fsp3) is 0.889. The molecule has 0 aromatic rings. The average molecular weight is 184 g/mol. The van der Waals surface area contributed by atoms with Crippen LogP contribution >= 0.6 is 0 Å². The number of hydrogen-bond acceptors (Lipinski definition) is 3. The average Bonchev–Trinajstić information content (AvgIpc) is 2.62. The Morgan fingerprint density at radius 3 is 3.00 bits per heavy atom. The second-order valence-corrected chi connectivity index (χ2v) is 3.95. The Bertz CT molecular complexity index is 220. The van der Waals surface area contributed by atoms with Gasteiger partial charge in [0.05, 0.1) is 13.2 Å². The molecule has 4 nitrogen and oxygen atoms in total. The van der Waals surface area contributed by atoms with Gasteiger partial charge < -0.3 is 15.0 Å². The Morgan fingerprint density at radius 2 is 2.31 bits per heavy atom. The van der Waals surface area contributed by atoms with Gasteiger partial charge in [0.1, 0.15) is 0 Å². The lowest BCUT2D eigenvalue weighted by Gasteiger charge is -2.25. The number of fused-ring (bicyclic) bond motifs is 1. The molecule has 2 saturated heterocycles. The Labute approximate surface area is 78.2 Å². The molecule has 0 aliphatic carbocycles. The van der Waals surface area contributed by atoms with E-state index in [4.69, 9.17) is 4.74 Å². The summed E-state index contributed by atoms with van der Waals surface area (Å²) in [5.41, 5.74) is 0. The summed E-state index contributed by atoms with van der Waals surface area (Å²) >= 11 is 0. The van der Waals surface area contributed by atoms with Gasteiger partial charge in [0.15, 0.2) is 0 Å². The smallest absolute Gasteiger partial charge is 0.410 e. The standard InChI is InChI=1S/C9H16N2O2/c1-6-3-7-4-10-5-8(7)11(6)9(12)13-2/h6-8,10H,3-5H2,1-2H3. The maximum atomic E-state index is 11.4. The van der Waals surface area contributed by atoms with E-state index in [-0.39, 0.29) is 6.09 Å². The second kappa shape index (κ2) is 3.18. The van der Waals surface area contributed by atoms with E-state index in [0.717, 1.165) is 19.5 Å². The number of rotatable bonds is 0. The quantitative estimate of drug-likeness (QED) is 0.593. The van der Waals surface area contributed by atoms with Crippen LogP contribution in [0.15, 0.2) is 0 Å². The molecule has 0 saturated carbocycles. The fourth-order valence-electron chi connectivity index (χ4n) is 2.58. The third-order valence-corrected chi connectivity index (χ3v) is 3.17. The van der Waals surface area contributed by atoms with Crippen LogP contribution in [0.25, 0.3) is 0 Å². The van der Waals surface area contributed by atoms with Crippen LogP contribution in [-0.4, -0.2) is 43.3 Å². The zero-order valence-corrected chi connectivity index (χ0v) is 8.12. The lowest BCUT2D eigenvalue weighted by Crippen LogP contribution is -2.42. The Morgan fingerprint density at radius 1 is 1.54 bits per heavy atom. The monoisotopic (exact) mass is 184 g/mol. The van der Waals surface area contributed by atoms with Gasteiger partial charge in [-0.15, -0.1) is 0 Å². The molecule has 0 radical (unpaired) electrons. The normalized spacial score (nSPS) is 37.7. The predicted octanol–water partition coefficient (Wildman–Crippen LogP) is 0.435.